The summed E-state index contributed by atoms with van der Waals surface area (Å²) in [6.45, 7) is 8.34. The number of benzene rings is 1. The van der Waals surface area contributed by atoms with Crippen molar-refractivity contribution in [1.82, 2.24) is 5.32 Å². The van der Waals surface area contributed by atoms with Crippen molar-refractivity contribution in [3.05, 3.63) is 49.1 Å². The second-order valence-corrected chi connectivity index (χ2v) is 8.19. The summed E-state index contributed by atoms with van der Waals surface area (Å²) in [5, 5.41) is 3.45. The summed E-state index contributed by atoms with van der Waals surface area (Å²) in [6, 6.07) is 10.3. The van der Waals surface area contributed by atoms with Gasteiger partial charge in [0.2, 0.25) is 0 Å². The highest BCUT2D eigenvalue weighted by atomic mass is 28.4. The topological polar surface area (TPSA) is 65.7 Å². The fourth-order valence-electron chi connectivity index (χ4n) is 2.55. The minimum atomic E-state index is -2.62. The maximum absolute atomic E-state index is 5.72. The smallest absolute Gasteiger partial charge is 0.377 e. The van der Waals surface area contributed by atoms with Crippen molar-refractivity contribution in [2.24, 2.45) is 5.73 Å². The minimum Gasteiger partial charge on any atom is -0.377 e. The lowest BCUT2D eigenvalue weighted by Gasteiger charge is -2.32. The van der Waals surface area contributed by atoms with Gasteiger partial charge in [-0.15, -0.1) is 13.2 Å². The third kappa shape index (κ3) is 7.39. The molecule has 0 saturated heterocycles. The molecule has 1 aromatic rings. The Labute approximate surface area is 142 Å². The maximum Gasteiger partial charge on any atom is 0.503 e. The average Bonchev–Trinajstić information content (AvgIpc) is 2.63. The van der Waals surface area contributed by atoms with Crippen LogP contribution in [0.15, 0.2) is 43.5 Å². The van der Waals surface area contributed by atoms with Crippen LogP contribution in [-0.4, -0.2) is 43.2 Å². The van der Waals surface area contributed by atoms with E-state index < -0.39 is 8.80 Å². The molecular weight excluding hydrogens is 308 g/mol. The molecule has 5 nitrogen and oxygen atoms in total. The molecule has 1 aromatic carbocycles. The Hall–Kier alpha value is -1.02. The van der Waals surface area contributed by atoms with Gasteiger partial charge in [0.1, 0.15) is 0 Å². The highest BCUT2D eigenvalue weighted by Crippen LogP contribution is 2.30. The molecule has 0 heterocycles. The standard InChI is InChI=1S/C15H28N2O3Si.C2H4/c1-18-21(19-2,20-3)15(9-11-16)10-12-17-13-14-7-5-4-6-8-14;1-2/h4-8,15,17H,9-13,16H2,1-3H3;1-2H2. The lowest BCUT2D eigenvalue weighted by Crippen LogP contribution is -2.49. The molecule has 0 aliphatic heterocycles. The van der Waals surface area contributed by atoms with Gasteiger partial charge in [-0.25, -0.2) is 0 Å². The van der Waals surface area contributed by atoms with E-state index in [1.165, 1.54) is 5.56 Å². The summed E-state index contributed by atoms with van der Waals surface area (Å²) in [5.41, 5.74) is 7.21. The van der Waals surface area contributed by atoms with Crippen LogP contribution < -0.4 is 11.1 Å². The first-order chi connectivity index (χ1) is 11.2. The van der Waals surface area contributed by atoms with Gasteiger partial charge in [0.15, 0.2) is 0 Å². The van der Waals surface area contributed by atoms with Crippen molar-refractivity contribution in [3.63, 3.8) is 0 Å². The zero-order valence-electron chi connectivity index (χ0n) is 14.7. The van der Waals surface area contributed by atoms with Crippen LogP contribution in [-0.2, 0) is 19.8 Å². The Bertz CT molecular complexity index is 380. The van der Waals surface area contributed by atoms with Crippen LogP contribution in [0.4, 0.5) is 0 Å². The number of nitrogens with two attached hydrogens (primary N) is 1. The van der Waals surface area contributed by atoms with Gasteiger partial charge in [-0.2, -0.15) is 0 Å². The summed E-state index contributed by atoms with van der Waals surface area (Å²) < 4.78 is 16.7. The van der Waals surface area contributed by atoms with Gasteiger partial charge in [0, 0.05) is 33.4 Å². The van der Waals surface area contributed by atoms with Gasteiger partial charge < -0.3 is 24.3 Å². The second-order valence-electron chi connectivity index (χ2n) is 4.94. The molecule has 0 saturated carbocycles. The first-order valence-electron chi connectivity index (χ1n) is 7.82. The highest BCUT2D eigenvalue weighted by molar-refractivity contribution is 6.62. The molecule has 0 radical (unpaired) electrons. The Balaban J connectivity index is 0.00000232. The molecule has 0 spiro atoms. The van der Waals surface area contributed by atoms with E-state index in [1.54, 1.807) is 21.3 Å². The molecule has 0 aliphatic rings. The Kier molecular flexibility index (Phi) is 12.8. The fraction of sp³-hybridized carbons (Fsp3) is 0.529. The number of hydrogen-bond donors (Lipinski definition) is 2. The number of hydrogen-bond acceptors (Lipinski definition) is 5. The van der Waals surface area contributed by atoms with E-state index in [1.807, 2.05) is 18.2 Å². The van der Waals surface area contributed by atoms with Gasteiger partial charge in [-0.05, 0) is 31.5 Å². The van der Waals surface area contributed by atoms with Crippen LogP contribution in [0.3, 0.4) is 0 Å². The third-order valence-corrected chi connectivity index (χ3v) is 6.99. The van der Waals surface area contributed by atoms with E-state index in [9.17, 15) is 0 Å². The van der Waals surface area contributed by atoms with E-state index in [-0.39, 0.29) is 5.54 Å². The van der Waals surface area contributed by atoms with Gasteiger partial charge in [-0.3, -0.25) is 0 Å². The predicted octanol–water partition coefficient (Wildman–Crippen LogP) is 2.57. The van der Waals surface area contributed by atoms with Gasteiger partial charge >= 0.3 is 8.80 Å². The average molecular weight is 341 g/mol. The molecule has 1 atom stereocenters. The fourth-order valence-corrected chi connectivity index (χ4v) is 5.07. The van der Waals surface area contributed by atoms with Crippen LogP contribution in [0.2, 0.25) is 5.54 Å². The normalized spacial score (nSPS) is 12.3. The van der Waals surface area contributed by atoms with E-state index in [0.717, 1.165) is 25.9 Å². The van der Waals surface area contributed by atoms with Gasteiger partial charge in [0.05, 0.1) is 0 Å². The first kappa shape index (κ1) is 22.0. The molecule has 0 aromatic heterocycles. The van der Waals surface area contributed by atoms with Crippen molar-refractivity contribution in [3.8, 4) is 0 Å². The quantitative estimate of drug-likeness (QED) is 0.368. The van der Waals surface area contributed by atoms with Crippen molar-refractivity contribution in [1.29, 1.82) is 0 Å². The summed E-state index contributed by atoms with van der Waals surface area (Å²) in [5.74, 6) is 0. The molecule has 1 unspecified atom stereocenters. The molecule has 0 bridgehead atoms. The minimum absolute atomic E-state index is 0.214. The van der Waals surface area contributed by atoms with E-state index in [4.69, 9.17) is 19.0 Å². The van der Waals surface area contributed by atoms with Crippen LogP contribution in [0, 0.1) is 0 Å². The maximum atomic E-state index is 5.72. The van der Waals surface area contributed by atoms with Crippen molar-refractivity contribution in [2.75, 3.05) is 34.4 Å². The van der Waals surface area contributed by atoms with Gasteiger partial charge in [-0.1, -0.05) is 30.3 Å². The molecule has 0 aliphatic carbocycles. The molecule has 1 rings (SSSR count). The summed E-state index contributed by atoms with van der Waals surface area (Å²) in [4.78, 5) is 0. The zero-order chi connectivity index (χ0) is 17.6. The lowest BCUT2D eigenvalue weighted by atomic mass is 10.2. The number of nitrogens with one attached hydrogen (secondary N) is 1. The molecule has 132 valence electrons. The molecule has 6 heteroatoms. The SMILES string of the molecule is C=C.CO[Si](OC)(OC)C(CCN)CCNCc1ccccc1. The van der Waals surface area contributed by atoms with E-state index in [0.29, 0.717) is 6.54 Å². The van der Waals surface area contributed by atoms with Crippen molar-refractivity contribution in [2.45, 2.75) is 24.9 Å². The van der Waals surface area contributed by atoms with Crippen molar-refractivity contribution < 1.29 is 13.3 Å². The van der Waals surface area contributed by atoms with E-state index in [2.05, 4.69) is 30.6 Å². The molecule has 23 heavy (non-hydrogen) atoms. The summed E-state index contributed by atoms with van der Waals surface area (Å²) in [6.07, 6.45) is 1.76. The van der Waals surface area contributed by atoms with Crippen molar-refractivity contribution >= 4 is 8.80 Å². The second kappa shape index (κ2) is 13.4. The summed E-state index contributed by atoms with van der Waals surface area (Å²) >= 11 is 0. The number of rotatable bonds is 11. The van der Waals surface area contributed by atoms with Gasteiger partial charge in [0.25, 0.3) is 0 Å². The Morgan fingerprint density at radius 3 is 2.09 bits per heavy atom. The molecule has 0 fully saturated rings. The van der Waals surface area contributed by atoms with Crippen LogP contribution in [0.1, 0.15) is 18.4 Å². The molecular formula is C17H32N2O3Si. The van der Waals surface area contributed by atoms with Crippen LogP contribution in [0.5, 0.6) is 0 Å². The Morgan fingerprint density at radius 2 is 1.61 bits per heavy atom. The zero-order valence-corrected chi connectivity index (χ0v) is 15.7. The monoisotopic (exact) mass is 340 g/mol. The van der Waals surface area contributed by atoms with E-state index >= 15 is 0 Å². The lowest BCUT2D eigenvalue weighted by molar-refractivity contribution is 0.108. The molecule has 3 N–H and O–H groups in total. The highest BCUT2D eigenvalue weighted by Gasteiger charge is 2.46. The predicted molar refractivity (Wildman–Crippen MR) is 98.2 cm³/mol. The Morgan fingerprint density at radius 1 is 1.04 bits per heavy atom. The summed E-state index contributed by atoms with van der Waals surface area (Å²) in [7, 11) is 2.34. The largest absolute Gasteiger partial charge is 0.503 e. The molecule has 0 amide bonds. The van der Waals surface area contributed by atoms with Crippen LogP contribution in [0.25, 0.3) is 0 Å². The first-order valence-corrected chi connectivity index (χ1v) is 9.62. The third-order valence-electron chi connectivity index (χ3n) is 3.71. The van der Waals surface area contributed by atoms with Crippen LogP contribution >= 0.6 is 0 Å².